The lowest BCUT2D eigenvalue weighted by Crippen LogP contribution is -2.49. The number of ether oxygens (including phenoxy) is 1. The molecule has 0 spiro atoms. The second-order valence-corrected chi connectivity index (χ2v) is 8.09. The van der Waals surface area contributed by atoms with Crippen molar-refractivity contribution in [3.63, 3.8) is 0 Å². The van der Waals surface area contributed by atoms with Gasteiger partial charge >= 0.3 is 0 Å². The average Bonchev–Trinajstić information content (AvgIpc) is 2.69. The van der Waals surface area contributed by atoms with Crippen molar-refractivity contribution >= 4 is 11.6 Å². The maximum atomic E-state index is 10.6. The van der Waals surface area contributed by atoms with Gasteiger partial charge in [0.15, 0.2) is 0 Å². The van der Waals surface area contributed by atoms with Gasteiger partial charge in [0.2, 0.25) is 0 Å². The molecule has 0 amide bonds. The van der Waals surface area contributed by atoms with Crippen molar-refractivity contribution in [2.45, 2.75) is 38.0 Å². The van der Waals surface area contributed by atoms with Crippen molar-refractivity contribution in [3.05, 3.63) is 65.2 Å². The van der Waals surface area contributed by atoms with Gasteiger partial charge in [0.25, 0.3) is 0 Å². The van der Waals surface area contributed by atoms with Gasteiger partial charge in [-0.15, -0.1) is 0 Å². The molecule has 3 rings (SSSR count). The number of hydrogen-bond donors (Lipinski definition) is 2. The van der Waals surface area contributed by atoms with Crippen molar-refractivity contribution in [3.8, 4) is 5.75 Å². The van der Waals surface area contributed by atoms with Gasteiger partial charge in [-0.3, -0.25) is 4.90 Å². The molecular weight excluding hydrogens is 360 g/mol. The summed E-state index contributed by atoms with van der Waals surface area (Å²) in [6.07, 6.45) is 2.17. The number of nitrogens with zero attached hydrogens (tertiary/aromatic N) is 1. The fraction of sp³-hybridized carbons (Fsp3) is 0.455. The highest BCUT2D eigenvalue weighted by Crippen LogP contribution is 2.17. The van der Waals surface area contributed by atoms with E-state index in [4.69, 9.17) is 16.3 Å². The average molecular weight is 389 g/mol. The molecule has 1 aliphatic rings. The van der Waals surface area contributed by atoms with Gasteiger partial charge in [0, 0.05) is 24.2 Å². The van der Waals surface area contributed by atoms with Crippen molar-refractivity contribution in [2.24, 2.45) is 0 Å². The van der Waals surface area contributed by atoms with E-state index < -0.39 is 5.60 Å². The van der Waals surface area contributed by atoms with Gasteiger partial charge < -0.3 is 15.2 Å². The Balaban J connectivity index is 1.36. The van der Waals surface area contributed by atoms with Crippen molar-refractivity contribution < 1.29 is 9.84 Å². The van der Waals surface area contributed by atoms with E-state index >= 15 is 0 Å². The number of benzene rings is 2. The summed E-state index contributed by atoms with van der Waals surface area (Å²) in [5.74, 6) is 0.785. The van der Waals surface area contributed by atoms with Crippen LogP contribution in [0.1, 0.15) is 25.3 Å². The van der Waals surface area contributed by atoms with Crippen LogP contribution in [0, 0.1) is 0 Å². The topological polar surface area (TPSA) is 44.7 Å². The lowest BCUT2D eigenvalue weighted by atomic mass is 10.0. The minimum Gasteiger partial charge on any atom is -0.491 e. The Hall–Kier alpha value is -1.59. The molecule has 146 valence electrons. The van der Waals surface area contributed by atoms with E-state index in [1.807, 2.05) is 49.4 Å². The molecule has 5 heteroatoms. The molecule has 27 heavy (non-hydrogen) atoms. The predicted molar refractivity (Wildman–Crippen MR) is 110 cm³/mol. The number of piperidine rings is 1. The number of aliphatic hydroxyl groups is 1. The first-order chi connectivity index (χ1) is 13.0. The molecule has 1 saturated heterocycles. The highest BCUT2D eigenvalue weighted by molar-refractivity contribution is 6.30. The zero-order valence-corrected chi connectivity index (χ0v) is 16.7. The van der Waals surface area contributed by atoms with Crippen LogP contribution < -0.4 is 10.1 Å². The molecule has 1 fully saturated rings. The third-order valence-corrected chi connectivity index (χ3v) is 5.22. The number of hydrogen-bond acceptors (Lipinski definition) is 4. The molecule has 4 nitrogen and oxygen atoms in total. The summed E-state index contributed by atoms with van der Waals surface area (Å²) in [6.45, 7) is 5.71. The summed E-state index contributed by atoms with van der Waals surface area (Å²) in [5, 5.41) is 14.9. The maximum absolute atomic E-state index is 10.6. The highest BCUT2D eigenvalue weighted by atomic mass is 35.5. The quantitative estimate of drug-likeness (QED) is 0.723. The number of halogens is 1. The van der Waals surface area contributed by atoms with E-state index in [9.17, 15) is 5.11 Å². The van der Waals surface area contributed by atoms with Crippen molar-refractivity contribution in [1.29, 1.82) is 0 Å². The predicted octanol–water partition coefficient (Wildman–Crippen LogP) is 3.72. The monoisotopic (exact) mass is 388 g/mol. The van der Waals surface area contributed by atoms with Crippen molar-refractivity contribution in [1.82, 2.24) is 10.2 Å². The van der Waals surface area contributed by atoms with Crippen LogP contribution in [0.15, 0.2) is 54.6 Å². The third kappa shape index (κ3) is 6.82. The molecule has 0 unspecified atom stereocenters. The van der Waals surface area contributed by atoms with Crippen LogP contribution in [0.2, 0.25) is 5.02 Å². The molecule has 0 saturated carbocycles. The Kier molecular flexibility index (Phi) is 7.13. The van der Waals surface area contributed by atoms with E-state index in [0.717, 1.165) is 43.2 Å². The smallest absolute Gasteiger partial charge is 0.119 e. The van der Waals surface area contributed by atoms with Gasteiger partial charge in [0.05, 0.1) is 0 Å². The first-order valence-corrected chi connectivity index (χ1v) is 9.98. The van der Waals surface area contributed by atoms with Gasteiger partial charge in [-0.1, -0.05) is 41.9 Å². The number of nitrogens with one attached hydrogen (secondary N) is 1. The minimum atomic E-state index is -0.893. The Morgan fingerprint density at radius 3 is 2.44 bits per heavy atom. The molecule has 1 atom stereocenters. The zero-order valence-electron chi connectivity index (χ0n) is 15.9. The molecule has 1 heterocycles. The van der Waals surface area contributed by atoms with Crippen LogP contribution in [0.4, 0.5) is 0 Å². The van der Waals surface area contributed by atoms with E-state index in [1.165, 1.54) is 5.56 Å². The summed E-state index contributed by atoms with van der Waals surface area (Å²) >= 11 is 5.95. The molecule has 2 aromatic rings. The molecule has 0 aliphatic carbocycles. The first-order valence-electron chi connectivity index (χ1n) is 9.61. The van der Waals surface area contributed by atoms with Gasteiger partial charge in [0.1, 0.15) is 18.0 Å². The van der Waals surface area contributed by atoms with Crippen LogP contribution in [0.3, 0.4) is 0 Å². The van der Waals surface area contributed by atoms with Gasteiger partial charge in [-0.25, -0.2) is 0 Å². The number of rotatable bonds is 8. The fourth-order valence-corrected chi connectivity index (χ4v) is 3.44. The molecule has 0 aromatic heterocycles. The van der Waals surface area contributed by atoms with E-state index in [0.29, 0.717) is 12.6 Å². The lowest BCUT2D eigenvalue weighted by molar-refractivity contribution is 0.00816. The van der Waals surface area contributed by atoms with E-state index in [2.05, 4.69) is 22.3 Å². The largest absolute Gasteiger partial charge is 0.491 e. The van der Waals surface area contributed by atoms with Crippen LogP contribution >= 0.6 is 11.6 Å². The normalized spacial score (nSPS) is 18.2. The maximum Gasteiger partial charge on any atom is 0.119 e. The molecule has 2 N–H and O–H groups in total. The highest BCUT2D eigenvalue weighted by Gasteiger charge is 2.25. The van der Waals surface area contributed by atoms with E-state index in [1.54, 1.807) is 0 Å². The minimum absolute atomic E-state index is 0.277. The summed E-state index contributed by atoms with van der Waals surface area (Å²) < 4.78 is 5.69. The van der Waals surface area contributed by atoms with E-state index in [-0.39, 0.29) is 6.61 Å². The first kappa shape index (κ1) is 20.2. The number of para-hydroxylation sites is 1. The second-order valence-electron chi connectivity index (χ2n) is 7.66. The Bertz CT molecular complexity index is 683. The van der Waals surface area contributed by atoms with Crippen molar-refractivity contribution in [2.75, 3.05) is 26.2 Å². The van der Waals surface area contributed by atoms with Gasteiger partial charge in [-0.2, -0.15) is 0 Å². The Morgan fingerprint density at radius 1 is 1.11 bits per heavy atom. The third-order valence-electron chi connectivity index (χ3n) is 4.97. The SMILES string of the molecule is C[C@](O)(CNC1CCN(Cc2ccc(Cl)cc2)CC1)COc1ccccc1. The molecular formula is C22H29ClN2O2. The van der Waals surface area contributed by atoms with Crippen LogP contribution in [0.5, 0.6) is 5.75 Å². The number of likely N-dealkylation sites (tertiary alicyclic amines) is 1. The molecule has 1 aliphatic heterocycles. The van der Waals surface area contributed by atoms with Crippen LogP contribution in [-0.2, 0) is 6.54 Å². The zero-order chi connectivity index (χ0) is 19.1. The fourth-order valence-electron chi connectivity index (χ4n) is 3.31. The van der Waals surface area contributed by atoms with Crippen LogP contribution in [0.25, 0.3) is 0 Å². The van der Waals surface area contributed by atoms with Crippen LogP contribution in [-0.4, -0.2) is 47.9 Å². The summed E-state index contributed by atoms with van der Waals surface area (Å²) in [7, 11) is 0. The van der Waals surface area contributed by atoms with Gasteiger partial charge in [-0.05, 0) is 62.7 Å². The summed E-state index contributed by atoms with van der Waals surface area (Å²) in [5.41, 5.74) is 0.405. The Morgan fingerprint density at radius 2 is 1.78 bits per heavy atom. The molecule has 0 radical (unpaired) electrons. The standard InChI is InChI=1S/C22H29ClN2O2/c1-22(26,17-27-21-5-3-2-4-6-21)16-24-20-11-13-25(14-12-20)15-18-7-9-19(23)10-8-18/h2-10,20,24,26H,11-17H2,1H3/t22-/m0/s1. The lowest BCUT2D eigenvalue weighted by Gasteiger charge is -2.34. The molecule has 2 aromatic carbocycles. The Labute approximate surface area is 167 Å². The second kappa shape index (κ2) is 9.56. The summed E-state index contributed by atoms with van der Waals surface area (Å²) in [6, 6.07) is 18.1. The summed E-state index contributed by atoms with van der Waals surface area (Å²) in [4.78, 5) is 2.47. The molecule has 0 bridgehead atoms.